The maximum Gasteiger partial charge on any atom is 0.416 e. The Bertz CT molecular complexity index is 1980. The van der Waals surface area contributed by atoms with Crippen molar-refractivity contribution in [2.75, 3.05) is 21.3 Å². The molecule has 0 unspecified atom stereocenters. The normalized spacial score (nSPS) is 11.6. The van der Waals surface area contributed by atoms with Gasteiger partial charge in [0.25, 0.3) is 0 Å². The lowest BCUT2D eigenvalue weighted by Crippen LogP contribution is -2.14. The lowest BCUT2D eigenvalue weighted by Gasteiger charge is -2.15. The summed E-state index contributed by atoms with van der Waals surface area (Å²) in [6.07, 6.45) is -4.38. The number of fused-ring (bicyclic) bond motifs is 2. The van der Waals surface area contributed by atoms with E-state index in [4.69, 9.17) is 23.2 Å². The molecule has 0 radical (unpaired) electrons. The van der Waals surface area contributed by atoms with Crippen LogP contribution in [0.25, 0.3) is 20.4 Å². The lowest BCUT2D eigenvalue weighted by atomic mass is 10.1. The Labute approximate surface area is 294 Å². The first-order valence-electron chi connectivity index (χ1n) is 15.0. The summed E-state index contributed by atoms with van der Waals surface area (Å²) < 4.78 is 41.2. The fourth-order valence-corrected chi connectivity index (χ4v) is 6.74. The predicted octanol–water partition coefficient (Wildman–Crippen LogP) is 10.6. The molecule has 0 saturated carbocycles. The molecule has 0 fully saturated rings. The number of aromatic nitrogens is 4. The standard InChI is InChI=1S/C17H17F3N4S.C16H16Cl2N4S/c1-10(2)22-16-23-13-7-8-25-14(13)15(24-16)21-9-11-5-3-4-6-12(11)17(18,19)20;1-9(2)20-16-21-13-6-7-23-14(13)15(22-16)19-8-10-11(17)4-3-5-12(10)18/h3-8,10H,9H2,1-2H3,(H2,21,22,23,24);3-7,9H,8H2,1-2H3,(H2,19,20,21,22). The molecular formula is C33H33Cl2F3N8S2. The molecule has 0 spiro atoms. The van der Waals surface area contributed by atoms with Gasteiger partial charge in [0.1, 0.15) is 11.6 Å². The molecule has 0 aliphatic carbocycles. The smallest absolute Gasteiger partial charge is 0.365 e. The van der Waals surface area contributed by atoms with Crippen LogP contribution in [0.5, 0.6) is 0 Å². The van der Waals surface area contributed by atoms with E-state index in [1.54, 1.807) is 17.4 Å². The minimum absolute atomic E-state index is 0.0286. The van der Waals surface area contributed by atoms with Crippen molar-refractivity contribution in [2.45, 2.75) is 59.0 Å². The zero-order valence-electron chi connectivity index (χ0n) is 26.4. The summed E-state index contributed by atoms with van der Waals surface area (Å²) in [5.74, 6) is 2.37. The number of halogens is 5. The van der Waals surface area contributed by atoms with Crippen molar-refractivity contribution in [2.24, 2.45) is 0 Å². The van der Waals surface area contributed by atoms with E-state index in [0.717, 1.165) is 37.9 Å². The van der Waals surface area contributed by atoms with Gasteiger partial charge in [-0.05, 0) is 74.4 Å². The van der Waals surface area contributed by atoms with Gasteiger partial charge in [-0.25, -0.2) is 9.97 Å². The first-order chi connectivity index (χ1) is 22.9. The monoisotopic (exact) mass is 732 g/mol. The largest absolute Gasteiger partial charge is 0.416 e. The molecule has 0 amide bonds. The van der Waals surface area contributed by atoms with Gasteiger partial charge in [-0.2, -0.15) is 23.1 Å². The van der Waals surface area contributed by atoms with Gasteiger partial charge in [-0.15, -0.1) is 22.7 Å². The summed E-state index contributed by atoms with van der Waals surface area (Å²) in [7, 11) is 0. The summed E-state index contributed by atoms with van der Waals surface area (Å²) in [4.78, 5) is 17.9. The van der Waals surface area contributed by atoms with E-state index in [0.29, 0.717) is 34.3 Å². The molecule has 2 aromatic carbocycles. The highest BCUT2D eigenvalue weighted by atomic mass is 35.5. The summed E-state index contributed by atoms with van der Waals surface area (Å²) in [5, 5.41) is 17.9. The Balaban J connectivity index is 0.000000188. The Kier molecular flexibility index (Phi) is 11.5. The molecule has 252 valence electrons. The molecule has 48 heavy (non-hydrogen) atoms. The number of alkyl halides is 3. The molecule has 0 aliphatic heterocycles. The minimum Gasteiger partial charge on any atom is -0.365 e. The fraction of sp³-hybridized carbons (Fsp3) is 0.273. The molecule has 4 N–H and O–H groups in total. The number of hydrogen-bond donors (Lipinski definition) is 4. The maximum absolute atomic E-state index is 13.1. The number of rotatable bonds is 10. The Morgan fingerprint density at radius 3 is 1.67 bits per heavy atom. The van der Waals surface area contributed by atoms with Crippen LogP contribution in [0.2, 0.25) is 10.0 Å². The van der Waals surface area contributed by atoms with Crippen LogP contribution < -0.4 is 21.3 Å². The van der Waals surface area contributed by atoms with Crippen molar-refractivity contribution in [3.05, 3.63) is 92.1 Å². The molecule has 4 aromatic heterocycles. The van der Waals surface area contributed by atoms with Crippen molar-refractivity contribution in [3.8, 4) is 0 Å². The molecule has 0 atom stereocenters. The van der Waals surface area contributed by atoms with Gasteiger partial charge in [0.05, 0.1) is 26.0 Å². The van der Waals surface area contributed by atoms with E-state index >= 15 is 0 Å². The molecule has 0 bridgehead atoms. The molecule has 8 nitrogen and oxygen atoms in total. The number of benzene rings is 2. The number of nitrogens with one attached hydrogen (secondary N) is 4. The summed E-state index contributed by atoms with van der Waals surface area (Å²) >= 11 is 15.5. The molecular weight excluding hydrogens is 700 g/mol. The van der Waals surface area contributed by atoms with E-state index in [1.807, 2.05) is 54.9 Å². The van der Waals surface area contributed by atoms with Crippen LogP contribution in [0.4, 0.5) is 36.7 Å². The van der Waals surface area contributed by atoms with Gasteiger partial charge in [0, 0.05) is 40.8 Å². The van der Waals surface area contributed by atoms with Crippen molar-refractivity contribution < 1.29 is 13.2 Å². The van der Waals surface area contributed by atoms with Gasteiger partial charge in [-0.3, -0.25) is 0 Å². The van der Waals surface area contributed by atoms with Crippen molar-refractivity contribution in [1.82, 2.24) is 19.9 Å². The molecule has 6 aromatic rings. The Morgan fingerprint density at radius 1 is 0.667 bits per heavy atom. The van der Waals surface area contributed by atoms with Crippen LogP contribution in [-0.2, 0) is 19.3 Å². The molecule has 15 heteroatoms. The van der Waals surface area contributed by atoms with Crippen molar-refractivity contribution >= 4 is 89.8 Å². The Hall–Kier alpha value is -3.91. The van der Waals surface area contributed by atoms with E-state index < -0.39 is 11.7 Å². The number of anilines is 4. The van der Waals surface area contributed by atoms with Gasteiger partial charge in [0.2, 0.25) is 11.9 Å². The summed E-state index contributed by atoms with van der Waals surface area (Å²) in [5.41, 5.74) is 2.07. The second kappa shape index (κ2) is 15.5. The first kappa shape index (κ1) is 35.4. The van der Waals surface area contributed by atoms with Gasteiger partial charge in [-0.1, -0.05) is 47.5 Å². The van der Waals surface area contributed by atoms with Crippen LogP contribution in [0.15, 0.2) is 65.4 Å². The highest BCUT2D eigenvalue weighted by Gasteiger charge is 2.32. The second-order valence-electron chi connectivity index (χ2n) is 11.2. The zero-order chi connectivity index (χ0) is 34.4. The summed E-state index contributed by atoms with van der Waals surface area (Å²) in [6, 6.07) is 15.3. The Morgan fingerprint density at radius 2 is 1.17 bits per heavy atom. The van der Waals surface area contributed by atoms with Crippen LogP contribution in [0.3, 0.4) is 0 Å². The number of thiophene rings is 2. The van der Waals surface area contributed by atoms with Crippen LogP contribution in [0, 0.1) is 0 Å². The topological polar surface area (TPSA) is 99.7 Å². The number of hydrogen-bond acceptors (Lipinski definition) is 10. The van der Waals surface area contributed by atoms with Gasteiger partial charge in [0.15, 0.2) is 0 Å². The van der Waals surface area contributed by atoms with E-state index in [-0.39, 0.29) is 24.2 Å². The average Bonchev–Trinajstić information content (AvgIpc) is 3.69. The lowest BCUT2D eigenvalue weighted by molar-refractivity contribution is -0.138. The first-order valence-corrected chi connectivity index (χ1v) is 17.5. The van der Waals surface area contributed by atoms with E-state index in [1.165, 1.54) is 23.5 Å². The van der Waals surface area contributed by atoms with Crippen LogP contribution in [0.1, 0.15) is 44.4 Å². The molecule has 4 heterocycles. The van der Waals surface area contributed by atoms with Crippen molar-refractivity contribution in [1.29, 1.82) is 0 Å². The highest BCUT2D eigenvalue weighted by molar-refractivity contribution is 7.18. The third-order valence-corrected chi connectivity index (χ3v) is 9.23. The zero-order valence-corrected chi connectivity index (χ0v) is 29.6. The summed E-state index contributed by atoms with van der Waals surface area (Å²) in [6.45, 7) is 8.57. The molecule has 0 aliphatic rings. The molecule has 0 saturated heterocycles. The minimum atomic E-state index is -4.38. The fourth-order valence-electron chi connectivity index (χ4n) is 4.62. The predicted molar refractivity (Wildman–Crippen MR) is 195 cm³/mol. The van der Waals surface area contributed by atoms with Crippen molar-refractivity contribution in [3.63, 3.8) is 0 Å². The quantitative estimate of drug-likeness (QED) is 0.110. The SMILES string of the molecule is CC(C)Nc1nc(NCc2c(Cl)cccc2Cl)c2sccc2n1.CC(C)Nc1nc(NCc2ccccc2C(F)(F)F)c2sccc2n1. The highest BCUT2D eigenvalue weighted by Crippen LogP contribution is 2.34. The maximum atomic E-state index is 13.1. The van der Waals surface area contributed by atoms with Gasteiger partial charge < -0.3 is 21.3 Å². The number of nitrogens with zero attached hydrogens (tertiary/aromatic N) is 4. The third-order valence-electron chi connectivity index (χ3n) is 6.71. The molecule has 6 rings (SSSR count). The van der Waals surface area contributed by atoms with Crippen LogP contribution in [-0.4, -0.2) is 32.0 Å². The van der Waals surface area contributed by atoms with Gasteiger partial charge >= 0.3 is 6.18 Å². The average molecular weight is 734 g/mol. The third kappa shape index (κ3) is 8.95. The van der Waals surface area contributed by atoms with E-state index in [2.05, 4.69) is 55.1 Å². The van der Waals surface area contributed by atoms with E-state index in [9.17, 15) is 13.2 Å². The second-order valence-corrected chi connectivity index (χ2v) is 13.9. The van der Waals surface area contributed by atoms with Crippen LogP contribution >= 0.6 is 45.9 Å².